The summed E-state index contributed by atoms with van der Waals surface area (Å²) >= 11 is 7.46. The van der Waals surface area contributed by atoms with Crippen molar-refractivity contribution in [3.05, 3.63) is 149 Å². The molecule has 0 atom stereocenters. The van der Waals surface area contributed by atoms with E-state index in [2.05, 4.69) is 141 Å². The first-order valence-corrected chi connectivity index (χ1v) is 14.5. The van der Waals surface area contributed by atoms with Gasteiger partial charge < -0.3 is 0 Å². The van der Waals surface area contributed by atoms with Gasteiger partial charge in [0, 0.05) is 16.5 Å². The minimum absolute atomic E-state index is 0.0766. The molecule has 7 rings (SSSR count). The second kappa shape index (κ2) is 9.81. The molecule has 0 N–H and O–H groups in total. The molecule has 0 spiro atoms. The molecule has 0 bridgehead atoms. The summed E-state index contributed by atoms with van der Waals surface area (Å²) in [6, 6.07) is 39.5. The summed E-state index contributed by atoms with van der Waals surface area (Å²) in [5.74, 6) is 0. The Morgan fingerprint density at radius 1 is 0.550 bits per heavy atom. The fraction of sp³-hybridized carbons (Fsp3) is 0.128. The monoisotopic (exact) mass is 534 g/mol. The highest BCUT2D eigenvalue weighted by Gasteiger charge is 2.35. The van der Waals surface area contributed by atoms with Crippen molar-refractivity contribution < 1.29 is 0 Å². The summed E-state index contributed by atoms with van der Waals surface area (Å²) in [4.78, 5) is 0. The van der Waals surface area contributed by atoms with Gasteiger partial charge in [0.05, 0.1) is 5.02 Å². The summed E-state index contributed by atoms with van der Waals surface area (Å²) in [7, 11) is 0. The van der Waals surface area contributed by atoms with Gasteiger partial charge in [0.15, 0.2) is 0 Å². The molecule has 2 aliphatic rings. The van der Waals surface area contributed by atoms with E-state index in [0.29, 0.717) is 0 Å². The number of fused-ring (bicyclic) bond motifs is 3. The number of halogens is 1. The van der Waals surface area contributed by atoms with Gasteiger partial charge in [0.2, 0.25) is 0 Å². The zero-order valence-corrected chi connectivity index (χ0v) is 23.7. The van der Waals surface area contributed by atoms with Crippen molar-refractivity contribution >= 4 is 17.2 Å². The zero-order valence-electron chi connectivity index (χ0n) is 22.9. The van der Waals surface area contributed by atoms with Gasteiger partial charge in [0.1, 0.15) is 0 Å². The number of hydrogen-bond acceptors (Lipinski definition) is 0. The number of rotatable bonds is 4. The lowest BCUT2D eigenvalue weighted by atomic mass is 9.79. The Bertz CT molecular complexity index is 1800. The molecule has 0 fully saturated rings. The average Bonchev–Trinajstić information content (AvgIpc) is 3.24. The van der Waals surface area contributed by atoms with Crippen LogP contribution < -0.4 is 0 Å². The fourth-order valence-corrected chi connectivity index (χ4v) is 6.93. The largest absolute Gasteiger partial charge is 0.0836 e. The standard InChI is InChI=1S/C39H31Cl/c1-39(2)34-21-13-12-20-30(34)31-23-22-29(24-35(31)39)36-32(26-14-6-3-7-15-26)25-33(27-16-8-4-9-17-27)38(40)37(36)28-18-10-5-11-19-28/h3-4,6-10,12-25H,5,11H2,1-2H3. The molecule has 2 aliphatic carbocycles. The first kappa shape index (κ1) is 24.9. The van der Waals surface area contributed by atoms with Crippen LogP contribution in [-0.2, 0) is 5.41 Å². The van der Waals surface area contributed by atoms with Crippen LogP contribution in [0.5, 0.6) is 0 Å². The Balaban J connectivity index is 1.56. The lowest BCUT2D eigenvalue weighted by molar-refractivity contribution is 0.660. The molecule has 1 heteroatoms. The van der Waals surface area contributed by atoms with E-state index >= 15 is 0 Å². The zero-order chi connectivity index (χ0) is 27.3. The summed E-state index contributed by atoms with van der Waals surface area (Å²) < 4.78 is 0. The Morgan fingerprint density at radius 2 is 1.20 bits per heavy atom. The fourth-order valence-electron chi connectivity index (χ4n) is 6.56. The normalized spacial score (nSPS) is 14.9. The van der Waals surface area contributed by atoms with E-state index in [1.807, 2.05) is 0 Å². The van der Waals surface area contributed by atoms with Crippen LogP contribution in [0.25, 0.3) is 50.1 Å². The number of allylic oxidation sites excluding steroid dienone is 4. The van der Waals surface area contributed by atoms with Crippen LogP contribution >= 0.6 is 11.6 Å². The van der Waals surface area contributed by atoms with Gasteiger partial charge in [-0.3, -0.25) is 0 Å². The molecule has 0 heterocycles. The van der Waals surface area contributed by atoms with E-state index in [1.54, 1.807) is 0 Å². The maximum Gasteiger partial charge on any atom is 0.0569 e. The highest BCUT2D eigenvalue weighted by Crippen LogP contribution is 2.52. The third-order valence-electron chi connectivity index (χ3n) is 8.59. The van der Waals surface area contributed by atoms with Gasteiger partial charge in [0.25, 0.3) is 0 Å². The number of hydrogen-bond donors (Lipinski definition) is 0. The molecular formula is C39H31Cl. The van der Waals surface area contributed by atoms with Crippen molar-refractivity contribution in [3.8, 4) is 44.5 Å². The molecule has 0 unspecified atom stereocenters. The van der Waals surface area contributed by atoms with Crippen molar-refractivity contribution in [2.24, 2.45) is 0 Å². The molecule has 0 aliphatic heterocycles. The van der Waals surface area contributed by atoms with Crippen molar-refractivity contribution in [1.82, 2.24) is 0 Å². The van der Waals surface area contributed by atoms with Crippen LogP contribution in [0.3, 0.4) is 0 Å². The molecule has 0 aromatic heterocycles. The molecular weight excluding hydrogens is 504 g/mol. The highest BCUT2D eigenvalue weighted by atomic mass is 35.5. The van der Waals surface area contributed by atoms with Crippen LogP contribution in [0.1, 0.15) is 43.4 Å². The van der Waals surface area contributed by atoms with Crippen LogP contribution in [0.4, 0.5) is 0 Å². The van der Waals surface area contributed by atoms with Gasteiger partial charge >= 0.3 is 0 Å². The third-order valence-corrected chi connectivity index (χ3v) is 8.98. The minimum atomic E-state index is -0.0766. The maximum atomic E-state index is 7.46. The van der Waals surface area contributed by atoms with Gasteiger partial charge in [-0.05, 0) is 80.6 Å². The predicted octanol–water partition coefficient (Wildman–Crippen LogP) is 11.4. The van der Waals surface area contributed by atoms with Crippen LogP contribution in [0, 0.1) is 0 Å². The van der Waals surface area contributed by atoms with E-state index in [4.69, 9.17) is 11.6 Å². The Kier molecular flexibility index (Phi) is 6.10. The maximum absolute atomic E-state index is 7.46. The first-order chi connectivity index (χ1) is 19.5. The van der Waals surface area contributed by atoms with Gasteiger partial charge in [-0.25, -0.2) is 0 Å². The Hall–Kier alpha value is -4.13. The summed E-state index contributed by atoms with van der Waals surface area (Å²) in [5, 5.41) is 0.807. The molecule has 0 radical (unpaired) electrons. The minimum Gasteiger partial charge on any atom is -0.0836 e. The summed E-state index contributed by atoms with van der Waals surface area (Å²) in [6.07, 6.45) is 8.96. The quantitative estimate of drug-likeness (QED) is 0.215. The Labute approximate surface area is 242 Å². The molecule has 40 heavy (non-hydrogen) atoms. The molecule has 194 valence electrons. The van der Waals surface area contributed by atoms with Gasteiger partial charge in [-0.2, -0.15) is 0 Å². The van der Waals surface area contributed by atoms with Crippen molar-refractivity contribution in [1.29, 1.82) is 0 Å². The molecule has 0 nitrogen and oxygen atoms in total. The molecule has 0 amide bonds. The van der Waals surface area contributed by atoms with Crippen LogP contribution in [0.2, 0.25) is 5.02 Å². The lowest BCUT2D eigenvalue weighted by Gasteiger charge is -2.25. The second-order valence-electron chi connectivity index (χ2n) is 11.3. The van der Waals surface area contributed by atoms with Crippen molar-refractivity contribution in [2.75, 3.05) is 0 Å². The molecule has 5 aromatic carbocycles. The predicted molar refractivity (Wildman–Crippen MR) is 172 cm³/mol. The smallest absolute Gasteiger partial charge is 0.0569 e. The van der Waals surface area contributed by atoms with E-state index in [1.165, 1.54) is 50.1 Å². The first-order valence-electron chi connectivity index (χ1n) is 14.1. The molecule has 0 saturated heterocycles. The van der Waals surface area contributed by atoms with Gasteiger partial charge in [-0.1, -0.05) is 141 Å². The topological polar surface area (TPSA) is 0 Å². The lowest BCUT2D eigenvalue weighted by Crippen LogP contribution is -2.15. The van der Waals surface area contributed by atoms with Crippen LogP contribution in [-0.4, -0.2) is 0 Å². The summed E-state index contributed by atoms with van der Waals surface area (Å²) in [5.41, 5.74) is 14.7. The average molecular weight is 535 g/mol. The van der Waals surface area contributed by atoms with E-state index in [-0.39, 0.29) is 5.41 Å². The third kappa shape index (κ3) is 3.98. The second-order valence-corrected chi connectivity index (χ2v) is 11.7. The van der Waals surface area contributed by atoms with Crippen molar-refractivity contribution in [3.63, 3.8) is 0 Å². The van der Waals surface area contributed by atoms with Crippen molar-refractivity contribution in [2.45, 2.75) is 32.1 Å². The number of benzene rings is 5. The van der Waals surface area contributed by atoms with E-state index < -0.39 is 0 Å². The SMILES string of the molecule is CC1(C)c2ccccc2-c2ccc(-c3c(-c4ccccc4)cc(-c4ccccc4)c(Cl)c3C3=CCCC=C3)cc21. The summed E-state index contributed by atoms with van der Waals surface area (Å²) in [6.45, 7) is 4.69. The van der Waals surface area contributed by atoms with Gasteiger partial charge in [-0.15, -0.1) is 0 Å². The van der Waals surface area contributed by atoms with E-state index in [0.717, 1.165) is 34.6 Å². The highest BCUT2D eigenvalue weighted by molar-refractivity contribution is 6.36. The molecule has 0 saturated carbocycles. The molecule has 5 aromatic rings. The van der Waals surface area contributed by atoms with Crippen LogP contribution in [0.15, 0.2) is 127 Å². The van der Waals surface area contributed by atoms with E-state index in [9.17, 15) is 0 Å². The Morgan fingerprint density at radius 3 is 1.90 bits per heavy atom.